The van der Waals surface area contributed by atoms with Crippen molar-refractivity contribution in [3.05, 3.63) is 57.8 Å². The fourth-order valence-corrected chi connectivity index (χ4v) is 2.60. The first kappa shape index (κ1) is 13.4. The molecular formula is C14H13Cl2FO. The number of benzene rings is 1. The minimum absolute atomic E-state index is 0.324. The van der Waals surface area contributed by atoms with Gasteiger partial charge in [-0.3, -0.25) is 0 Å². The Morgan fingerprint density at radius 3 is 2.72 bits per heavy atom. The van der Waals surface area contributed by atoms with Gasteiger partial charge in [-0.2, -0.15) is 0 Å². The molecule has 0 N–H and O–H groups in total. The van der Waals surface area contributed by atoms with Crippen LogP contribution in [0.3, 0.4) is 0 Å². The van der Waals surface area contributed by atoms with Gasteiger partial charge in [0.2, 0.25) is 0 Å². The summed E-state index contributed by atoms with van der Waals surface area (Å²) in [6.45, 7) is 3.68. The van der Waals surface area contributed by atoms with Gasteiger partial charge in [-0.15, -0.1) is 11.6 Å². The molecule has 4 heteroatoms. The van der Waals surface area contributed by atoms with Gasteiger partial charge in [-0.1, -0.05) is 18.5 Å². The van der Waals surface area contributed by atoms with E-state index in [-0.39, 0.29) is 5.82 Å². The van der Waals surface area contributed by atoms with Gasteiger partial charge in [-0.05, 0) is 36.2 Å². The topological polar surface area (TPSA) is 13.1 Å². The Hall–Kier alpha value is -0.990. The lowest BCUT2D eigenvalue weighted by Gasteiger charge is -2.13. The van der Waals surface area contributed by atoms with Crippen LogP contribution in [0.15, 0.2) is 28.9 Å². The van der Waals surface area contributed by atoms with E-state index in [4.69, 9.17) is 27.6 Å². The molecule has 0 fully saturated rings. The van der Waals surface area contributed by atoms with Crippen molar-refractivity contribution < 1.29 is 8.81 Å². The molecule has 96 valence electrons. The summed E-state index contributed by atoms with van der Waals surface area (Å²) < 4.78 is 18.7. The lowest BCUT2D eigenvalue weighted by atomic mass is 10.0. The van der Waals surface area contributed by atoms with Gasteiger partial charge in [-0.25, -0.2) is 4.39 Å². The van der Waals surface area contributed by atoms with Crippen molar-refractivity contribution in [2.75, 3.05) is 0 Å². The van der Waals surface area contributed by atoms with E-state index in [0.717, 1.165) is 17.7 Å². The van der Waals surface area contributed by atoms with Crippen molar-refractivity contribution >= 4 is 23.2 Å². The second kappa shape index (κ2) is 5.33. The standard InChI is InChI=1S/C14H13Cl2FO/c1-3-13-9(4-5-18-13)14(16)10-6-8(2)12(17)7-11(10)15/h4-7,14H,3H2,1-2H3. The maximum atomic E-state index is 13.4. The van der Waals surface area contributed by atoms with E-state index in [1.54, 1.807) is 19.3 Å². The minimum atomic E-state index is -0.425. The second-order valence-corrected chi connectivity index (χ2v) is 4.98. The Labute approximate surface area is 116 Å². The van der Waals surface area contributed by atoms with Crippen LogP contribution < -0.4 is 0 Å². The zero-order chi connectivity index (χ0) is 13.3. The SMILES string of the molecule is CCc1occc1C(Cl)c1cc(C)c(F)cc1Cl. The molecule has 0 saturated carbocycles. The highest BCUT2D eigenvalue weighted by Gasteiger charge is 2.20. The molecule has 0 aliphatic carbocycles. The molecule has 0 radical (unpaired) electrons. The van der Waals surface area contributed by atoms with E-state index in [9.17, 15) is 4.39 Å². The molecule has 0 amide bonds. The molecule has 1 heterocycles. The van der Waals surface area contributed by atoms with Crippen molar-refractivity contribution in [2.24, 2.45) is 0 Å². The zero-order valence-electron chi connectivity index (χ0n) is 10.1. The first-order chi connectivity index (χ1) is 8.54. The maximum Gasteiger partial charge on any atom is 0.127 e. The van der Waals surface area contributed by atoms with Crippen LogP contribution in [-0.4, -0.2) is 0 Å². The van der Waals surface area contributed by atoms with Crippen LogP contribution in [0.25, 0.3) is 0 Å². The third-order valence-corrected chi connectivity index (χ3v) is 3.72. The van der Waals surface area contributed by atoms with Crippen molar-refractivity contribution in [3.8, 4) is 0 Å². The maximum absolute atomic E-state index is 13.4. The molecule has 1 atom stereocenters. The first-order valence-corrected chi connectivity index (χ1v) is 6.52. The zero-order valence-corrected chi connectivity index (χ0v) is 11.6. The van der Waals surface area contributed by atoms with E-state index < -0.39 is 5.38 Å². The minimum Gasteiger partial charge on any atom is -0.469 e. The van der Waals surface area contributed by atoms with E-state index in [1.165, 1.54) is 6.07 Å². The number of hydrogen-bond acceptors (Lipinski definition) is 1. The van der Waals surface area contributed by atoms with Crippen molar-refractivity contribution in [2.45, 2.75) is 25.6 Å². The molecule has 18 heavy (non-hydrogen) atoms. The molecule has 0 aliphatic heterocycles. The molecule has 0 bridgehead atoms. The van der Waals surface area contributed by atoms with Gasteiger partial charge in [0.05, 0.1) is 11.6 Å². The molecule has 1 unspecified atom stereocenters. The quantitative estimate of drug-likeness (QED) is 0.701. The molecule has 1 aromatic carbocycles. The predicted octanol–water partition coefficient (Wildman–Crippen LogP) is 5.27. The third kappa shape index (κ3) is 2.40. The summed E-state index contributed by atoms with van der Waals surface area (Å²) in [7, 11) is 0. The summed E-state index contributed by atoms with van der Waals surface area (Å²) in [5.41, 5.74) is 2.11. The average molecular weight is 287 g/mol. The van der Waals surface area contributed by atoms with E-state index in [2.05, 4.69) is 0 Å². The van der Waals surface area contributed by atoms with Crippen LogP contribution in [0.4, 0.5) is 4.39 Å². The fourth-order valence-electron chi connectivity index (χ4n) is 1.91. The average Bonchev–Trinajstić information content (AvgIpc) is 2.81. The van der Waals surface area contributed by atoms with Crippen LogP contribution in [0.1, 0.15) is 34.8 Å². The Bertz CT molecular complexity index is 563. The van der Waals surface area contributed by atoms with Crippen LogP contribution in [0, 0.1) is 12.7 Å². The summed E-state index contributed by atoms with van der Waals surface area (Å²) in [6.07, 6.45) is 2.36. The highest BCUT2D eigenvalue weighted by Crippen LogP contribution is 2.37. The summed E-state index contributed by atoms with van der Waals surface area (Å²) >= 11 is 12.5. The molecule has 2 aromatic rings. The van der Waals surface area contributed by atoms with Crippen molar-refractivity contribution in [1.82, 2.24) is 0 Å². The molecule has 2 rings (SSSR count). The third-order valence-electron chi connectivity index (χ3n) is 2.93. The summed E-state index contributed by atoms with van der Waals surface area (Å²) in [4.78, 5) is 0. The van der Waals surface area contributed by atoms with Gasteiger partial charge in [0.1, 0.15) is 11.6 Å². The molecule has 0 spiro atoms. The van der Waals surface area contributed by atoms with Gasteiger partial charge in [0, 0.05) is 17.0 Å². The second-order valence-electron chi connectivity index (χ2n) is 4.14. The van der Waals surface area contributed by atoms with Crippen molar-refractivity contribution in [3.63, 3.8) is 0 Å². The van der Waals surface area contributed by atoms with Gasteiger partial charge in [0.15, 0.2) is 0 Å². The normalized spacial score (nSPS) is 12.7. The molecule has 0 saturated heterocycles. The largest absolute Gasteiger partial charge is 0.469 e. The smallest absolute Gasteiger partial charge is 0.127 e. The lowest BCUT2D eigenvalue weighted by Crippen LogP contribution is -1.98. The van der Waals surface area contributed by atoms with Gasteiger partial charge in [0.25, 0.3) is 0 Å². The monoisotopic (exact) mass is 286 g/mol. The Morgan fingerprint density at radius 1 is 1.33 bits per heavy atom. The van der Waals surface area contributed by atoms with Crippen LogP contribution in [0.5, 0.6) is 0 Å². The summed E-state index contributed by atoms with van der Waals surface area (Å²) in [5, 5.41) is -0.0909. The van der Waals surface area contributed by atoms with Gasteiger partial charge >= 0.3 is 0 Å². The fraction of sp³-hybridized carbons (Fsp3) is 0.286. The van der Waals surface area contributed by atoms with E-state index in [1.807, 2.05) is 13.0 Å². The molecule has 0 aliphatic rings. The van der Waals surface area contributed by atoms with Crippen LogP contribution in [-0.2, 0) is 6.42 Å². The number of halogens is 3. The lowest BCUT2D eigenvalue weighted by molar-refractivity contribution is 0.512. The predicted molar refractivity (Wildman–Crippen MR) is 71.9 cm³/mol. The first-order valence-electron chi connectivity index (χ1n) is 5.70. The number of aryl methyl sites for hydroxylation is 2. The number of furan rings is 1. The Balaban J connectivity index is 2.46. The number of rotatable bonds is 3. The highest BCUT2D eigenvalue weighted by molar-refractivity contribution is 6.33. The van der Waals surface area contributed by atoms with Crippen LogP contribution in [0.2, 0.25) is 5.02 Å². The van der Waals surface area contributed by atoms with E-state index in [0.29, 0.717) is 16.1 Å². The van der Waals surface area contributed by atoms with E-state index >= 15 is 0 Å². The highest BCUT2D eigenvalue weighted by atomic mass is 35.5. The Kier molecular flexibility index (Phi) is 3.98. The van der Waals surface area contributed by atoms with Gasteiger partial charge < -0.3 is 4.42 Å². The molecule has 1 aromatic heterocycles. The molecular weight excluding hydrogens is 274 g/mol. The number of hydrogen-bond donors (Lipinski definition) is 0. The van der Waals surface area contributed by atoms with Crippen LogP contribution >= 0.6 is 23.2 Å². The number of alkyl halides is 1. The Morgan fingerprint density at radius 2 is 2.06 bits per heavy atom. The summed E-state index contributed by atoms with van der Waals surface area (Å²) in [6, 6.07) is 4.81. The summed E-state index contributed by atoms with van der Waals surface area (Å²) in [5.74, 6) is 0.503. The molecule has 1 nitrogen and oxygen atoms in total. The van der Waals surface area contributed by atoms with Crippen molar-refractivity contribution in [1.29, 1.82) is 0 Å².